The largest absolute Gasteiger partial charge is 0.396 e. The molecule has 0 spiro atoms. The van der Waals surface area contributed by atoms with Gasteiger partial charge in [0.05, 0.1) is 13.2 Å². The number of nitrogens with zero attached hydrogens (tertiary/aromatic N) is 4. The smallest absolute Gasteiger partial charge is 0.232 e. The average molecular weight is 296 g/mol. The van der Waals surface area contributed by atoms with Crippen LogP contribution in [0.3, 0.4) is 0 Å². The fourth-order valence-corrected chi connectivity index (χ4v) is 2.23. The van der Waals surface area contributed by atoms with Crippen LogP contribution in [0.2, 0.25) is 0 Å². The van der Waals surface area contributed by atoms with E-state index in [1.54, 1.807) is 0 Å². The van der Waals surface area contributed by atoms with Crippen LogP contribution in [0, 0.1) is 5.92 Å². The van der Waals surface area contributed by atoms with Gasteiger partial charge in [-0.25, -0.2) is 0 Å². The molecule has 1 saturated heterocycles. The number of aromatic nitrogens is 3. The van der Waals surface area contributed by atoms with E-state index in [1.807, 2.05) is 4.90 Å². The summed E-state index contributed by atoms with van der Waals surface area (Å²) in [7, 11) is 0. The van der Waals surface area contributed by atoms with Gasteiger partial charge in [-0.1, -0.05) is 13.3 Å². The molecule has 0 aromatic carbocycles. The highest BCUT2D eigenvalue weighted by atomic mass is 16.5. The Hall–Kier alpha value is -1.67. The lowest BCUT2D eigenvalue weighted by atomic mass is 10.0. The van der Waals surface area contributed by atoms with Crippen LogP contribution in [-0.4, -0.2) is 59.5 Å². The monoisotopic (exact) mass is 296 g/mol. The molecule has 1 atom stereocenters. The SMILES string of the molecule is CCC(CCO)CNc1nc(N)nc(N2CCOCC2)n1. The van der Waals surface area contributed by atoms with E-state index in [1.165, 1.54) is 0 Å². The summed E-state index contributed by atoms with van der Waals surface area (Å²) >= 11 is 0. The van der Waals surface area contributed by atoms with E-state index in [9.17, 15) is 0 Å². The first kappa shape index (κ1) is 15.7. The van der Waals surface area contributed by atoms with Gasteiger partial charge >= 0.3 is 0 Å². The summed E-state index contributed by atoms with van der Waals surface area (Å²) in [5, 5.41) is 12.2. The normalized spacial score (nSPS) is 16.8. The highest BCUT2D eigenvalue weighted by Gasteiger charge is 2.16. The summed E-state index contributed by atoms with van der Waals surface area (Å²) in [5.74, 6) is 1.67. The maximum absolute atomic E-state index is 9.02. The van der Waals surface area contributed by atoms with Gasteiger partial charge in [-0.05, 0) is 12.3 Å². The number of nitrogens with one attached hydrogen (secondary N) is 1. The Morgan fingerprint density at radius 2 is 2.10 bits per heavy atom. The fraction of sp³-hybridized carbons (Fsp3) is 0.769. The van der Waals surface area contributed by atoms with Crippen LogP contribution in [-0.2, 0) is 4.74 Å². The predicted molar refractivity (Wildman–Crippen MR) is 81.2 cm³/mol. The van der Waals surface area contributed by atoms with Crippen molar-refractivity contribution in [3.8, 4) is 0 Å². The molecule has 8 heteroatoms. The van der Waals surface area contributed by atoms with Gasteiger partial charge in [0, 0.05) is 26.2 Å². The Labute approximate surface area is 124 Å². The van der Waals surface area contributed by atoms with Crippen LogP contribution >= 0.6 is 0 Å². The lowest BCUT2D eigenvalue weighted by Gasteiger charge is -2.27. The van der Waals surface area contributed by atoms with Crippen molar-refractivity contribution in [3.05, 3.63) is 0 Å². The van der Waals surface area contributed by atoms with E-state index >= 15 is 0 Å². The molecule has 1 aliphatic rings. The Morgan fingerprint density at radius 1 is 1.33 bits per heavy atom. The van der Waals surface area contributed by atoms with Crippen LogP contribution in [0.5, 0.6) is 0 Å². The Kier molecular flexibility index (Phi) is 5.94. The maximum Gasteiger partial charge on any atom is 0.232 e. The summed E-state index contributed by atoms with van der Waals surface area (Å²) in [6.45, 7) is 5.85. The molecule has 2 rings (SSSR count). The van der Waals surface area contributed by atoms with Gasteiger partial charge in [0.25, 0.3) is 0 Å². The van der Waals surface area contributed by atoms with Gasteiger partial charge in [0.1, 0.15) is 0 Å². The second-order valence-corrected chi connectivity index (χ2v) is 5.08. The van der Waals surface area contributed by atoms with Gasteiger partial charge in [-0.2, -0.15) is 15.0 Å². The zero-order valence-corrected chi connectivity index (χ0v) is 12.5. The summed E-state index contributed by atoms with van der Waals surface area (Å²) in [6, 6.07) is 0. The van der Waals surface area contributed by atoms with Gasteiger partial charge < -0.3 is 25.8 Å². The number of aliphatic hydroxyl groups is 1. The van der Waals surface area contributed by atoms with Crippen molar-refractivity contribution >= 4 is 17.8 Å². The molecule has 1 unspecified atom stereocenters. The number of hydrogen-bond acceptors (Lipinski definition) is 8. The first-order valence-electron chi connectivity index (χ1n) is 7.42. The molecule has 2 heterocycles. The third-order valence-electron chi connectivity index (χ3n) is 3.60. The van der Waals surface area contributed by atoms with E-state index in [2.05, 4.69) is 27.2 Å². The zero-order chi connectivity index (χ0) is 15.1. The van der Waals surface area contributed by atoms with Crippen LogP contribution in [0.4, 0.5) is 17.8 Å². The van der Waals surface area contributed by atoms with E-state index in [-0.39, 0.29) is 12.6 Å². The van der Waals surface area contributed by atoms with E-state index in [4.69, 9.17) is 15.6 Å². The number of hydrogen-bond donors (Lipinski definition) is 3. The van der Waals surface area contributed by atoms with Crippen molar-refractivity contribution in [1.29, 1.82) is 0 Å². The van der Waals surface area contributed by atoms with Crippen molar-refractivity contribution in [3.63, 3.8) is 0 Å². The summed E-state index contributed by atoms with van der Waals surface area (Å²) in [4.78, 5) is 14.8. The quantitative estimate of drug-likeness (QED) is 0.650. The number of ether oxygens (including phenoxy) is 1. The van der Waals surface area contributed by atoms with Gasteiger partial charge in [-0.3, -0.25) is 0 Å². The molecule has 0 amide bonds. The molecule has 1 fully saturated rings. The molecule has 8 nitrogen and oxygen atoms in total. The van der Waals surface area contributed by atoms with E-state index in [0.29, 0.717) is 37.6 Å². The van der Waals surface area contributed by atoms with E-state index < -0.39 is 0 Å². The van der Waals surface area contributed by atoms with Crippen LogP contribution in [0.15, 0.2) is 0 Å². The minimum atomic E-state index is 0.193. The number of morpholine rings is 1. The van der Waals surface area contributed by atoms with Gasteiger partial charge in [-0.15, -0.1) is 0 Å². The third kappa shape index (κ3) is 4.68. The van der Waals surface area contributed by atoms with Crippen LogP contribution in [0.1, 0.15) is 19.8 Å². The standard InChI is InChI=1S/C13H24N6O2/c1-2-10(3-6-20)9-15-12-16-11(14)17-13(18-12)19-4-7-21-8-5-19/h10,20H,2-9H2,1H3,(H3,14,15,16,17,18). The second kappa shape index (κ2) is 7.94. The molecule has 0 aliphatic carbocycles. The number of anilines is 3. The summed E-state index contributed by atoms with van der Waals surface area (Å²) in [5.41, 5.74) is 5.76. The Bertz CT molecular complexity index is 439. The van der Waals surface area contributed by atoms with E-state index in [0.717, 1.165) is 25.9 Å². The van der Waals surface area contributed by atoms with Gasteiger partial charge in [0.15, 0.2) is 0 Å². The maximum atomic E-state index is 9.02. The van der Waals surface area contributed by atoms with Crippen molar-refractivity contribution in [1.82, 2.24) is 15.0 Å². The summed E-state index contributed by atoms with van der Waals surface area (Å²) in [6.07, 6.45) is 1.75. The first-order valence-corrected chi connectivity index (χ1v) is 7.42. The zero-order valence-electron chi connectivity index (χ0n) is 12.5. The van der Waals surface area contributed by atoms with Crippen molar-refractivity contribution in [2.75, 3.05) is 55.4 Å². The minimum Gasteiger partial charge on any atom is -0.396 e. The predicted octanol–water partition coefficient (Wildman–Crippen LogP) is 0.111. The number of nitrogens with two attached hydrogens (primary N) is 1. The minimum absolute atomic E-state index is 0.193. The molecule has 1 aromatic heterocycles. The molecule has 4 N–H and O–H groups in total. The van der Waals surface area contributed by atoms with Crippen molar-refractivity contribution in [2.24, 2.45) is 5.92 Å². The molecule has 118 valence electrons. The Balaban J connectivity index is 2.00. The summed E-state index contributed by atoms with van der Waals surface area (Å²) < 4.78 is 5.32. The number of rotatable bonds is 7. The molecular formula is C13H24N6O2. The fourth-order valence-electron chi connectivity index (χ4n) is 2.23. The van der Waals surface area contributed by atoms with Crippen LogP contribution in [0.25, 0.3) is 0 Å². The molecule has 21 heavy (non-hydrogen) atoms. The molecule has 0 radical (unpaired) electrons. The second-order valence-electron chi connectivity index (χ2n) is 5.08. The number of aliphatic hydroxyl groups excluding tert-OH is 1. The molecular weight excluding hydrogens is 272 g/mol. The highest BCUT2D eigenvalue weighted by Crippen LogP contribution is 2.15. The first-order chi connectivity index (χ1) is 10.2. The lowest BCUT2D eigenvalue weighted by Crippen LogP contribution is -2.37. The van der Waals surface area contributed by atoms with Gasteiger partial charge in [0.2, 0.25) is 17.8 Å². The van der Waals surface area contributed by atoms with Crippen molar-refractivity contribution < 1.29 is 9.84 Å². The molecule has 1 aromatic rings. The van der Waals surface area contributed by atoms with Crippen LogP contribution < -0.4 is 16.0 Å². The number of nitrogen functional groups attached to an aromatic ring is 1. The molecule has 0 saturated carbocycles. The molecule has 0 bridgehead atoms. The highest BCUT2D eigenvalue weighted by molar-refractivity contribution is 5.42. The Morgan fingerprint density at radius 3 is 2.76 bits per heavy atom. The lowest BCUT2D eigenvalue weighted by molar-refractivity contribution is 0.122. The topological polar surface area (TPSA) is 109 Å². The third-order valence-corrected chi connectivity index (χ3v) is 3.60. The van der Waals surface area contributed by atoms with Crippen molar-refractivity contribution in [2.45, 2.75) is 19.8 Å². The average Bonchev–Trinajstić information content (AvgIpc) is 2.52. The molecule has 1 aliphatic heterocycles.